The fourth-order valence-electron chi connectivity index (χ4n) is 1.50. The Morgan fingerprint density at radius 3 is 2.67 bits per heavy atom. The zero-order chi connectivity index (χ0) is 11.5. The van der Waals surface area contributed by atoms with Gasteiger partial charge in [-0.05, 0) is 24.3 Å². The predicted octanol–water partition coefficient (Wildman–Crippen LogP) is -1.07. The molecule has 0 aliphatic heterocycles. The first-order valence-corrected chi connectivity index (χ1v) is 5.18. The summed E-state index contributed by atoms with van der Waals surface area (Å²) in [7, 11) is 0. The second-order valence-electron chi connectivity index (χ2n) is 3.46. The molecule has 3 aromatic heterocycles. The molecule has 5 nitrogen and oxygen atoms in total. The number of hydrogen-bond acceptors (Lipinski definition) is 4. The maximum absolute atomic E-state index is 4.38. The van der Waals surface area contributed by atoms with Crippen LogP contribution in [-0.4, -0.2) is 25.1 Å². The number of nitrogens with zero attached hydrogens (tertiary/aromatic N) is 4. The Kier molecular flexibility index (Phi) is 4.19. The van der Waals surface area contributed by atoms with E-state index in [4.69, 9.17) is 0 Å². The topological polar surface area (TPSA) is 67.3 Å². The van der Waals surface area contributed by atoms with Crippen molar-refractivity contribution < 1.29 is 29.6 Å². The van der Waals surface area contributed by atoms with E-state index in [2.05, 4.69) is 25.1 Å². The van der Waals surface area contributed by atoms with Crippen LogP contribution >= 0.6 is 0 Å². The van der Waals surface area contributed by atoms with Crippen LogP contribution in [0, 0.1) is 0 Å². The zero-order valence-electron chi connectivity index (χ0n) is 9.91. The van der Waals surface area contributed by atoms with Crippen LogP contribution in [0.3, 0.4) is 0 Å². The zero-order valence-corrected chi connectivity index (χ0v) is 11.9. The molecule has 0 amide bonds. The third-order valence-electron chi connectivity index (χ3n) is 2.31. The number of nitrogens with one attached hydrogen (secondary N) is 1. The van der Waals surface area contributed by atoms with Gasteiger partial charge in [-0.15, -0.1) is 0 Å². The molecule has 0 saturated heterocycles. The molecule has 0 atom stereocenters. The van der Waals surface area contributed by atoms with E-state index in [9.17, 15) is 0 Å². The van der Waals surface area contributed by atoms with Gasteiger partial charge in [0.2, 0.25) is 0 Å². The van der Waals surface area contributed by atoms with Crippen LogP contribution in [0.4, 0.5) is 0 Å². The number of hydrogen-bond donors (Lipinski definition) is 1. The second-order valence-corrected chi connectivity index (χ2v) is 3.46. The Hall–Kier alpha value is -1.56. The van der Waals surface area contributed by atoms with Crippen LogP contribution in [0.2, 0.25) is 0 Å². The van der Waals surface area contributed by atoms with Crippen molar-refractivity contribution in [3.63, 3.8) is 0 Å². The summed E-state index contributed by atoms with van der Waals surface area (Å²) in [6, 6.07) is 9.43. The molecule has 18 heavy (non-hydrogen) atoms. The number of pyridine rings is 2. The smallest absolute Gasteiger partial charge is 0.264 e. The fourth-order valence-corrected chi connectivity index (χ4v) is 1.50. The molecular formula is C12H9N5Na+. The third-order valence-corrected chi connectivity index (χ3v) is 2.31. The van der Waals surface area contributed by atoms with Crippen LogP contribution in [0.1, 0.15) is 0 Å². The average Bonchev–Trinajstić information content (AvgIpc) is 2.90. The Morgan fingerprint density at radius 1 is 1.00 bits per heavy atom. The van der Waals surface area contributed by atoms with Crippen molar-refractivity contribution in [2.75, 3.05) is 0 Å². The minimum atomic E-state index is 0. The summed E-state index contributed by atoms with van der Waals surface area (Å²) < 4.78 is 0. The van der Waals surface area contributed by atoms with E-state index in [1.807, 2.05) is 30.3 Å². The molecule has 0 radical (unpaired) electrons. The Labute approximate surface area is 126 Å². The SMILES string of the molecule is [Na+].c1ccc(-c2nc(-c3cccnc3)n[nH]2)nc1. The van der Waals surface area contributed by atoms with E-state index in [0.29, 0.717) is 11.6 Å². The number of H-pyrrole nitrogens is 1. The average molecular weight is 246 g/mol. The number of rotatable bonds is 2. The van der Waals surface area contributed by atoms with E-state index in [-0.39, 0.29) is 29.6 Å². The van der Waals surface area contributed by atoms with E-state index in [0.717, 1.165) is 11.3 Å². The van der Waals surface area contributed by atoms with E-state index >= 15 is 0 Å². The maximum atomic E-state index is 4.38. The van der Waals surface area contributed by atoms with Crippen molar-refractivity contribution in [3.05, 3.63) is 48.9 Å². The second kappa shape index (κ2) is 5.86. The fraction of sp³-hybridized carbons (Fsp3) is 0. The van der Waals surface area contributed by atoms with Gasteiger partial charge in [0.05, 0.1) is 0 Å². The summed E-state index contributed by atoms with van der Waals surface area (Å²) in [6.45, 7) is 0. The van der Waals surface area contributed by atoms with Crippen molar-refractivity contribution in [1.82, 2.24) is 25.1 Å². The van der Waals surface area contributed by atoms with Crippen LogP contribution in [0.5, 0.6) is 0 Å². The summed E-state index contributed by atoms with van der Waals surface area (Å²) in [4.78, 5) is 12.6. The van der Waals surface area contributed by atoms with Crippen molar-refractivity contribution in [3.8, 4) is 22.9 Å². The minimum absolute atomic E-state index is 0. The largest absolute Gasteiger partial charge is 1.00 e. The molecule has 0 unspecified atom stereocenters. The number of aromatic amines is 1. The quantitative estimate of drug-likeness (QED) is 0.585. The van der Waals surface area contributed by atoms with Crippen LogP contribution < -0.4 is 29.6 Å². The summed E-state index contributed by atoms with van der Waals surface area (Å²) in [5.74, 6) is 1.28. The van der Waals surface area contributed by atoms with Gasteiger partial charge < -0.3 is 0 Å². The molecule has 3 aromatic rings. The molecule has 0 spiro atoms. The Bertz CT molecular complexity index is 555. The van der Waals surface area contributed by atoms with Gasteiger partial charge in [-0.1, -0.05) is 6.07 Å². The summed E-state index contributed by atoms with van der Waals surface area (Å²) in [5, 5.41) is 7.02. The molecule has 6 heteroatoms. The van der Waals surface area contributed by atoms with Gasteiger partial charge in [0, 0.05) is 24.2 Å². The molecule has 3 rings (SSSR count). The third kappa shape index (κ3) is 2.64. The molecule has 0 aliphatic carbocycles. The molecule has 0 aromatic carbocycles. The van der Waals surface area contributed by atoms with Crippen molar-refractivity contribution in [1.29, 1.82) is 0 Å². The van der Waals surface area contributed by atoms with Crippen molar-refractivity contribution in [2.24, 2.45) is 0 Å². The summed E-state index contributed by atoms with van der Waals surface area (Å²) in [6.07, 6.45) is 5.17. The minimum Gasteiger partial charge on any atom is -0.264 e. The van der Waals surface area contributed by atoms with Gasteiger partial charge in [-0.25, -0.2) is 4.98 Å². The first-order chi connectivity index (χ1) is 8.43. The summed E-state index contributed by atoms with van der Waals surface area (Å²) >= 11 is 0. The molecule has 82 valence electrons. The molecule has 3 heterocycles. The Balaban J connectivity index is 0.00000120. The maximum Gasteiger partial charge on any atom is 1.00 e. The van der Waals surface area contributed by atoms with E-state index in [1.165, 1.54) is 0 Å². The molecule has 0 fully saturated rings. The monoisotopic (exact) mass is 246 g/mol. The van der Waals surface area contributed by atoms with Crippen molar-refractivity contribution in [2.45, 2.75) is 0 Å². The van der Waals surface area contributed by atoms with Gasteiger partial charge in [0.25, 0.3) is 0 Å². The van der Waals surface area contributed by atoms with Gasteiger partial charge in [-0.3, -0.25) is 15.1 Å². The summed E-state index contributed by atoms with van der Waals surface area (Å²) in [5.41, 5.74) is 1.65. The van der Waals surface area contributed by atoms with Crippen LogP contribution in [0.25, 0.3) is 22.9 Å². The molecule has 0 saturated carbocycles. The van der Waals surface area contributed by atoms with Crippen molar-refractivity contribution >= 4 is 0 Å². The van der Waals surface area contributed by atoms with Gasteiger partial charge in [0.1, 0.15) is 5.69 Å². The first-order valence-electron chi connectivity index (χ1n) is 5.18. The first kappa shape index (κ1) is 12.9. The van der Waals surface area contributed by atoms with E-state index in [1.54, 1.807) is 18.6 Å². The molecule has 0 aliphatic rings. The standard InChI is InChI=1S/C12H9N5.Na/c1-2-7-14-10(5-1)12-15-11(16-17-12)9-4-3-6-13-8-9;/h1-8H,(H,15,16,17);/q;+1. The van der Waals surface area contributed by atoms with E-state index < -0.39 is 0 Å². The van der Waals surface area contributed by atoms with Gasteiger partial charge in [-0.2, -0.15) is 5.10 Å². The van der Waals surface area contributed by atoms with Crippen LogP contribution in [-0.2, 0) is 0 Å². The molecular weight excluding hydrogens is 237 g/mol. The molecule has 0 bridgehead atoms. The van der Waals surface area contributed by atoms with Gasteiger partial charge >= 0.3 is 29.6 Å². The normalized spacial score (nSPS) is 9.78. The molecule has 1 N–H and O–H groups in total. The van der Waals surface area contributed by atoms with Crippen LogP contribution in [0.15, 0.2) is 48.9 Å². The predicted molar refractivity (Wildman–Crippen MR) is 62.8 cm³/mol. The Morgan fingerprint density at radius 2 is 1.94 bits per heavy atom. The number of aromatic nitrogens is 5. The van der Waals surface area contributed by atoms with Gasteiger partial charge in [0.15, 0.2) is 11.6 Å².